The summed E-state index contributed by atoms with van der Waals surface area (Å²) in [5.74, 6) is -1.58. The highest BCUT2D eigenvalue weighted by molar-refractivity contribution is 6.01. The third kappa shape index (κ3) is 13.5. The van der Waals surface area contributed by atoms with Crippen LogP contribution >= 0.6 is 0 Å². The number of aryl methyl sites for hydroxylation is 2. The molecule has 0 aromatic heterocycles. The molecular weight excluding hydrogens is 686 g/mol. The Hall–Kier alpha value is -4.37. The largest absolute Gasteiger partial charge is 0.533 e. The minimum absolute atomic E-state index is 0.0161. The second-order valence-electron chi connectivity index (χ2n) is 13.0. The molecule has 1 aliphatic carbocycles. The van der Waals surface area contributed by atoms with Crippen molar-refractivity contribution in [3.63, 3.8) is 0 Å². The number of benzene rings is 2. The first kappa shape index (κ1) is 41.4. The molecule has 1 heterocycles. The van der Waals surface area contributed by atoms with Gasteiger partial charge in [0.25, 0.3) is 11.8 Å². The normalized spacial score (nSPS) is 13.6. The molecule has 1 aliphatic heterocycles. The topological polar surface area (TPSA) is 168 Å². The molecular formula is C39H53N3O11. The zero-order valence-electron chi connectivity index (χ0n) is 30.9. The van der Waals surface area contributed by atoms with Crippen LogP contribution < -0.4 is 10.6 Å². The number of methoxy groups -OCH3 is 2. The number of hydroxylamine groups is 2. The Morgan fingerprint density at radius 3 is 1.64 bits per heavy atom. The summed E-state index contributed by atoms with van der Waals surface area (Å²) in [5.41, 5.74) is 6.03. The van der Waals surface area contributed by atoms with Gasteiger partial charge < -0.3 is 34.3 Å². The lowest BCUT2D eigenvalue weighted by Crippen LogP contribution is -2.32. The van der Waals surface area contributed by atoms with Crippen molar-refractivity contribution in [2.45, 2.75) is 70.1 Å². The highest BCUT2D eigenvalue weighted by atomic mass is 16.8. The lowest BCUT2D eigenvalue weighted by atomic mass is 9.94. The number of imide groups is 1. The van der Waals surface area contributed by atoms with Crippen molar-refractivity contribution in [3.05, 3.63) is 58.7 Å². The molecule has 0 atom stereocenters. The number of nitrogens with one attached hydrogen (secondary N) is 2. The third-order valence-corrected chi connectivity index (χ3v) is 8.96. The summed E-state index contributed by atoms with van der Waals surface area (Å²) in [4.78, 5) is 66.3. The predicted molar refractivity (Wildman–Crippen MR) is 194 cm³/mol. The SMILES string of the molecule is COCCCOCCNC(=O)CCCc1ccc2c(c1)C(COC(=O)ON1C(=O)CCC1=O)c1cc(CCCC(=O)NCCOCCCOC)ccc1-2. The number of hydrogen-bond acceptors (Lipinski definition) is 11. The van der Waals surface area contributed by atoms with E-state index in [2.05, 4.69) is 34.9 Å². The Bertz CT molecular complexity index is 1430. The van der Waals surface area contributed by atoms with Gasteiger partial charge in [0.2, 0.25) is 11.8 Å². The minimum Gasteiger partial charge on any atom is -0.432 e. The summed E-state index contributed by atoms with van der Waals surface area (Å²) in [6, 6.07) is 12.4. The maximum atomic E-state index is 12.6. The molecule has 1 saturated heterocycles. The zero-order chi connectivity index (χ0) is 37.8. The van der Waals surface area contributed by atoms with Gasteiger partial charge in [-0.15, -0.1) is 0 Å². The Labute approximate surface area is 311 Å². The van der Waals surface area contributed by atoms with E-state index in [9.17, 15) is 24.0 Å². The summed E-state index contributed by atoms with van der Waals surface area (Å²) < 4.78 is 26.5. The van der Waals surface area contributed by atoms with Crippen LogP contribution in [0.2, 0.25) is 0 Å². The van der Waals surface area contributed by atoms with Crippen molar-refractivity contribution in [1.29, 1.82) is 0 Å². The summed E-state index contributed by atoms with van der Waals surface area (Å²) in [6.07, 6.45) is 3.84. The van der Waals surface area contributed by atoms with E-state index in [-0.39, 0.29) is 37.2 Å². The van der Waals surface area contributed by atoms with Gasteiger partial charge >= 0.3 is 6.16 Å². The lowest BCUT2D eigenvalue weighted by molar-refractivity contribution is -0.177. The van der Waals surface area contributed by atoms with Gasteiger partial charge in [-0.3, -0.25) is 24.0 Å². The van der Waals surface area contributed by atoms with Gasteiger partial charge in [0.1, 0.15) is 6.61 Å². The fraction of sp³-hybridized carbons (Fsp3) is 0.564. The molecule has 0 unspecified atom stereocenters. The smallest absolute Gasteiger partial charge is 0.432 e. The van der Waals surface area contributed by atoms with Crippen LogP contribution in [-0.4, -0.2) is 108 Å². The highest BCUT2D eigenvalue weighted by Gasteiger charge is 2.35. The summed E-state index contributed by atoms with van der Waals surface area (Å²) in [6.45, 7) is 4.18. The molecule has 0 radical (unpaired) electrons. The monoisotopic (exact) mass is 739 g/mol. The predicted octanol–water partition coefficient (Wildman–Crippen LogP) is 4.00. The van der Waals surface area contributed by atoms with Crippen LogP contribution in [0.3, 0.4) is 0 Å². The quantitative estimate of drug-likeness (QED) is 0.0858. The number of ether oxygens (including phenoxy) is 5. The molecule has 2 aromatic carbocycles. The summed E-state index contributed by atoms with van der Waals surface area (Å²) in [7, 11) is 3.30. The fourth-order valence-electron chi connectivity index (χ4n) is 6.28. The first-order chi connectivity index (χ1) is 25.8. The maximum absolute atomic E-state index is 12.6. The summed E-state index contributed by atoms with van der Waals surface area (Å²) >= 11 is 0. The van der Waals surface area contributed by atoms with Gasteiger partial charge in [-0.2, -0.15) is 0 Å². The molecule has 1 fully saturated rings. The molecule has 14 heteroatoms. The zero-order valence-corrected chi connectivity index (χ0v) is 30.9. The summed E-state index contributed by atoms with van der Waals surface area (Å²) in [5, 5.41) is 6.25. The standard InChI is InChI=1S/C39H53N3O11/c1-48-19-5-21-50-23-17-40-35(43)9-3-7-28-11-13-30-31-14-12-29(8-4-10-36(44)41-18-24-51-22-6-20-49-2)26-33(31)34(32(30)25-28)27-52-39(47)53-42-37(45)15-16-38(42)46/h11-14,25-26,34H,3-10,15-24,27H2,1-2H3,(H,40,43)(H,41,44). The van der Waals surface area contributed by atoms with Gasteiger partial charge in [0.05, 0.1) is 13.2 Å². The van der Waals surface area contributed by atoms with E-state index in [1.54, 1.807) is 14.2 Å². The van der Waals surface area contributed by atoms with Crippen molar-refractivity contribution in [1.82, 2.24) is 15.7 Å². The van der Waals surface area contributed by atoms with Crippen molar-refractivity contribution in [2.24, 2.45) is 0 Å². The van der Waals surface area contributed by atoms with Crippen LogP contribution in [-0.2, 0) is 60.5 Å². The Balaban J connectivity index is 1.33. The van der Waals surface area contributed by atoms with Gasteiger partial charge in [0, 0.05) is 85.3 Å². The second kappa shape index (κ2) is 22.6. The molecule has 53 heavy (non-hydrogen) atoms. The van der Waals surface area contributed by atoms with Gasteiger partial charge in [0.15, 0.2) is 0 Å². The Kier molecular flexibility index (Phi) is 17.7. The van der Waals surface area contributed by atoms with Crippen LogP contribution in [0.5, 0.6) is 0 Å². The molecule has 4 rings (SSSR count). The molecule has 2 aliphatic rings. The first-order valence-corrected chi connectivity index (χ1v) is 18.4. The van der Waals surface area contributed by atoms with Crippen LogP contribution in [0.4, 0.5) is 4.79 Å². The van der Waals surface area contributed by atoms with Crippen molar-refractivity contribution >= 4 is 29.8 Å². The molecule has 2 N–H and O–H groups in total. The molecule has 2 aromatic rings. The molecule has 14 nitrogen and oxygen atoms in total. The fourth-order valence-corrected chi connectivity index (χ4v) is 6.28. The van der Waals surface area contributed by atoms with E-state index in [4.69, 9.17) is 28.5 Å². The number of amides is 4. The second-order valence-corrected chi connectivity index (χ2v) is 13.0. The first-order valence-electron chi connectivity index (χ1n) is 18.4. The van der Waals surface area contributed by atoms with E-state index < -0.39 is 18.0 Å². The van der Waals surface area contributed by atoms with E-state index >= 15 is 0 Å². The molecule has 0 saturated carbocycles. The maximum Gasteiger partial charge on any atom is 0.533 e. The number of rotatable bonds is 25. The molecule has 0 spiro atoms. The molecule has 290 valence electrons. The van der Waals surface area contributed by atoms with E-state index in [0.717, 1.165) is 46.2 Å². The van der Waals surface area contributed by atoms with Crippen LogP contribution in [0.1, 0.15) is 79.5 Å². The van der Waals surface area contributed by atoms with Crippen molar-refractivity contribution in [2.75, 3.05) is 73.6 Å². The number of nitrogens with zero attached hydrogens (tertiary/aromatic N) is 1. The number of hydrogen-bond donors (Lipinski definition) is 2. The molecule has 0 bridgehead atoms. The van der Waals surface area contributed by atoms with Crippen LogP contribution in [0.25, 0.3) is 11.1 Å². The lowest BCUT2D eigenvalue weighted by Gasteiger charge is -2.17. The number of carbonyl (C=O) groups is 5. The van der Waals surface area contributed by atoms with Gasteiger partial charge in [-0.1, -0.05) is 41.5 Å². The van der Waals surface area contributed by atoms with Gasteiger partial charge in [-0.05, 0) is 71.9 Å². The Morgan fingerprint density at radius 1 is 0.679 bits per heavy atom. The molecule has 4 amide bonds. The van der Waals surface area contributed by atoms with Crippen LogP contribution in [0.15, 0.2) is 36.4 Å². The van der Waals surface area contributed by atoms with E-state index in [1.807, 2.05) is 12.1 Å². The van der Waals surface area contributed by atoms with Crippen molar-refractivity contribution in [3.8, 4) is 11.1 Å². The number of carbonyl (C=O) groups excluding carboxylic acids is 5. The van der Waals surface area contributed by atoms with E-state index in [0.29, 0.717) is 96.3 Å². The van der Waals surface area contributed by atoms with Crippen molar-refractivity contribution < 1.29 is 52.5 Å². The van der Waals surface area contributed by atoms with Crippen LogP contribution in [0, 0.1) is 0 Å². The third-order valence-electron chi connectivity index (χ3n) is 8.96. The van der Waals surface area contributed by atoms with Gasteiger partial charge in [-0.25, -0.2) is 4.79 Å². The highest BCUT2D eigenvalue weighted by Crippen LogP contribution is 2.46. The number of fused-ring (bicyclic) bond motifs is 3. The minimum atomic E-state index is -1.13. The van der Waals surface area contributed by atoms with E-state index in [1.165, 1.54) is 0 Å². The average molecular weight is 740 g/mol. The average Bonchev–Trinajstić information content (AvgIpc) is 3.63. The Morgan fingerprint density at radius 2 is 1.17 bits per heavy atom.